The summed E-state index contributed by atoms with van der Waals surface area (Å²) in [6, 6.07) is 13.5. The molecule has 26 heavy (non-hydrogen) atoms. The number of ether oxygens (including phenoxy) is 1. The van der Waals surface area contributed by atoms with Gasteiger partial charge in [-0.15, -0.1) is 0 Å². The Hall–Kier alpha value is -2.95. The molecule has 1 heterocycles. The van der Waals surface area contributed by atoms with Crippen LogP contribution in [0.3, 0.4) is 0 Å². The van der Waals surface area contributed by atoms with Crippen molar-refractivity contribution in [2.24, 2.45) is 0 Å². The molecule has 0 fully saturated rings. The number of anilines is 1. The van der Waals surface area contributed by atoms with E-state index in [2.05, 4.69) is 0 Å². The normalized spacial score (nSPS) is 17.2. The van der Waals surface area contributed by atoms with Gasteiger partial charge in [-0.25, -0.2) is 9.18 Å². The van der Waals surface area contributed by atoms with Gasteiger partial charge in [0.05, 0.1) is 0 Å². The average Bonchev–Trinajstić information content (AvgIpc) is 2.96. The minimum absolute atomic E-state index is 0.0239. The number of halogens is 1. The van der Waals surface area contributed by atoms with Crippen LogP contribution in [0.1, 0.15) is 25.0 Å². The maximum atomic E-state index is 12.9. The third kappa shape index (κ3) is 3.82. The molecule has 0 saturated heterocycles. The molecular weight excluding hydrogens is 333 g/mol. The molecule has 0 spiro atoms. The predicted molar refractivity (Wildman–Crippen MR) is 98.1 cm³/mol. The van der Waals surface area contributed by atoms with E-state index >= 15 is 0 Å². The SMILES string of the molecule is C[C@@H]1Cc2ccccc2N1C(=O)[C@@H](C)OC(=O)/C=C/c1ccc(F)cc1. The first kappa shape index (κ1) is 17.9. The van der Waals surface area contributed by atoms with Crippen LogP contribution in [0.2, 0.25) is 0 Å². The summed E-state index contributed by atoms with van der Waals surface area (Å²) in [5.74, 6) is -1.20. The van der Waals surface area contributed by atoms with E-state index in [-0.39, 0.29) is 17.8 Å². The van der Waals surface area contributed by atoms with E-state index in [4.69, 9.17) is 4.74 Å². The quantitative estimate of drug-likeness (QED) is 0.621. The number of benzene rings is 2. The Kier molecular flexibility index (Phi) is 5.16. The second kappa shape index (κ2) is 7.52. The molecule has 0 saturated carbocycles. The van der Waals surface area contributed by atoms with Crippen molar-refractivity contribution in [3.05, 3.63) is 71.6 Å². The zero-order valence-electron chi connectivity index (χ0n) is 14.7. The Morgan fingerprint density at radius 3 is 2.62 bits per heavy atom. The van der Waals surface area contributed by atoms with Gasteiger partial charge in [0.15, 0.2) is 6.10 Å². The number of nitrogens with zero attached hydrogens (tertiary/aromatic N) is 1. The average molecular weight is 353 g/mol. The smallest absolute Gasteiger partial charge is 0.331 e. The predicted octanol–water partition coefficient (Wildman–Crippen LogP) is 3.75. The first-order chi connectivity index (χ1) is 12.5. The number of amides is 1. The molecule has 2 aromatic rings. The zero-order valence-corrected chi connectivity index (χ0v) is 14.7. The minimum Gasteiger partial charge on any atom is -0.449 e. The number of hydrogen-bond donors (Lipinski definition) is 0. The van der Waals surface area contributed by atoms with Crippen LogP contribution < -0.4 is 4.90 Å². The molecule has 0 unspecified atom stereocenters. The molecule has 1 amide bonds. The zero-order chi connectivity index (χ0) is 18.7. The first-order valence-electron chi connectivity index (χ1n) is 8.51. The van der Waals surface area contributed by atoms with Gasteiger partial charge in [0, 0.05) is 17.8 Å². The Labute approximate surface area is 151 Å². The molecule has 1 aliphatic heterocycles. The maximum absolute atomic E-state index is 12.9. The van der Waals surface area contributed by atoms with Crippen LogP contribution in [0.15, 0.2) is 54.6 Å². The summed E-state index contributed by atoms with van der Waals surface area (Å²) < 4.78 is 18.1. The highest BCUT2D eigenvalue weighted by atomic mass is 19.1. The summed E-state index contributed by atoms with van der Waals surface area (Å²) in [6.45, 7) is 3.54. The standard InChI is InChI=1S/C21H20FNO3/c1-14-13-17-5-3-4-6-19(17)23(14)21(25)15(2)26-20(24)12-9-16-7-10-18(22)11-8-16/h3-12,14-15H,13H2,1-2H3/b12-9+/t14-,15-/m1/s1. The van der Waals surface area contributed by atoms with E-state index in [0.29, 0.717) is 5.56 Å². The minimum atomic E-state index is -0.894. The fourth-order valence-corrected chi connectivity index (χ4v) is 3.10. The number of fused-ring (bicyclic) bond motifs is 1. The Morgan fingerprint density at radius 2 is 1.88 bits per heavy atom. The molecule has 0 aromatic heterocycles. The van der Waals surface area contributed by atoms with Gasteiger partial charge >= 0.3 is 5.97 Å². The van der Waals surface area contributed by atoms with Crippen molar-refractivity contribution < 1.29 is 18.7 Å². The topological polar surface area (TPSA) is 46.6 Å². The highest BCUT2D eigenvalue weighted by Crippen LogP contribution is 2.32. The largest absolute Gasteiger partial charge is 0.449 e. The van der Waals surface area contributed by atoms with Gasteiger partial charge in [-0.05, 0) is 55.7 Å². The second-order valence-electron chi connectivity index (χ2n) is 6.35. The Morgan fingerprint density at radius 1 is 1.19 bits per heavy atom. The van der Waals surface area contributed by atoms with Crippen LogP contribution in [0, 0.1) is 5.82 Å². The van der Waals surface area contributed by atoms with Crippen LogP contribution in [-0.4, -0.2) is 24.0 Å². The number of carbonyl (C=O) groups excluding carboxylic acids is 2. The third-order valence-corrected chi connectivity index (χ3v) is 4.37. The van der Waals surface area contributed by atoms with Crippen LogP contribution in [0.5, 0.6) is 0 Å². The van der Waals surface area contributed by atoms with E-state index in [1.807, 2.05) is 31.2 Å². The van der Waals surface area contributed by atoms with Crippen molar-refractivity contribution in [1.29, 1.82) is 0 Å². The second-order valence-corrected chi connectivity index (χ2v) is 6.35. The van der Waals surface area contributed by atoms with Gasteiger partial charge in [0.25, 0.3) is 5.91 Å². The Balaban J connectivity index is 1.64. The number of para-hydroxylation sites is 1. The van der Waals surface area contributed by atoms with Crippen LogP contribution in [0.25, 0.3) is 6.08 Å². The highest BCUT2D eigenvalue weighted by Gasteiger charge is 2.34. The fraction of sp³-hybridized carbons (Fsp3) is 0.238. The van der Waals surface area contributed by atoms with Crippen molar-refractivity contribution in [3.8, 4) is 0 Å². The lowest BCUT2D eigenvalue weighted by molar-refractivity contribution is -0.149. The van der Waals surface area contributed by atoms with Gasteiger partial charge in [0.1, 0.15) is 5.82 Å². The van der Waals surface area contributed by atoms with Gasteiger partial charge in [0.2, 0.25) is 0 Å². The molecule has 2 atom stereocenters. The van der Waals surface area contributed by atoms with Crippen molar-refractivity contribution >= 4 is 23.6 Å². The molecule has 0 aliphatic carbocycles. The lowest BCUT2D eigenvalue weighted by atomic mass is 10.1. The summed E-state index contributed by atoms with van der Waals surface area (Å²) in [5, 5.41) is 0. The van der Waals surface area contributed by atoms with E-state index in [1.165, 1.54) is 24.3 Å². The summed E-state index contributed by atoms with van der Waals surface area (Å²) in [5.41, 5.74) is 2.65. The Bertz CT molecular complexity index is 845. The number of carbonyl (C=O) groups is 2. The lowest BCUT2D eigenvalue weighted by Crippen LogP contribution is -2.43. The molecule has 0 N–H and O–H groups in total. The number of esters is 1. The number of hydrogen-bond acceptors (Lipinski definition) is 3. The molecule has 5 heteroatoms. The summed E-state index contributed by atoms with van der Waals surface area (Å²) in [6.07, 6.45) is 2.65. The summed E-state index contributed by atoms with van der Waals surface area (Å²) in [4.78, 5) is 26.4. The van der Waals surface area contributed by atoms with Crippen molar-refractivity contribution in [3.63, 3.8) is 0 Å². The summed E-state index contributed by atoms with van der Waals surface area (Å²) in [7, 11) is 0. The van der Waals surface area contributed by atoms with Gasteiger partial charge in [-0.1, -0.05) is 30.3 Å². The monoisotopic (exact) mass is 353 g/mol. The molecule has 2 aromatic carbocycles. The molecular formula is C21H20FNO3. The molecule has 0 radical (unpaired) electrons. The van der Waals surface area contributed by atoms with Gasteiger partial charge < -0.3 is 9.64 Å². The van der Waals surface area contributed by atoms with E-state index < -0.39 is 12.1 Å². The van der Waals surface area contributed by atoms with Gasteiger partial charge in [-0.3, -0.25) is 4.79 Å². The van der Waals surface area contributed by atoms with E-state index in [1.54, 1.807) is 24.0 Å². The first-order valence-corrected chi connectivity index (χ1v) is 8.51. The molecule has 134 valence electrons. The number of rotatable bonds is 4. The van der Waals surface area contributed by atoms with Crippen LogP contribution >= 0.6 is 0 Å². The summed E-state index contributed by atoms with van der Waals surface area (Å²) >= 11 is 0. The van der Waals surface area contributed by atoms with Crippen LogP contribution in [0.4, 0.5) is 10.1 Å². The van der Waals surface area contributed by atoms with Crippen molar-refractivity contribution in [2.45, 2.75) is 32.4 Å². The molecule has 1 aliphatic rings. The van der Waals surface area contributed by atoms with Gasteiger partial charge in [-0.2, -0.15) is 0 Å². The van der Waals surface area contributed by atoms with E-state index in [9.17, 15) is 14.0 Å². The molecule has 3 rings (SSSR count). The lowest BCUT2D eigenvalue weighted by Gasteiger charge is -2.25. The third-order valence-electron chi connectivity index (χ3n) is 4.37. The maximum Gasteiger partial charge on any atom is 0.331 e. The fourth-order valence-electron chi connectivity index (χ4n) is 3.10. The van der Waals surface area contributed by atoms with Crippen molar-refractivity contribution in [1.82, 2.24) is 0 Å². The van der Waals surface area contributed by atoms with E-state index in [0.717, 1.165) is 17.7 Å². The highest BCUT2D eigenvalue weighted by molar-refractivity contribution is 6.00. The molecule has 4 nitrogen and oxygen atoms in total. The van der Waals surface area contributed by atoms with Crippen molar-refractivity contribution in [2.75, 3.05) is 4.90 Å². The van der Waals surface area contributed by atoms with Crippen LogP contribution in [-0.2, 0) is 20.7 Å². The molecule has 0 bridgehead atoms.